The zero-order valence-corrected chi connectivity index (χ0v) is 14.2. The van der Waals surface area contributed by atoms with Crippen LogP contribution in [0.2, 0.25) is 0 Å². The third-order valence-electron chi connectivity index (χ3n) is 7.82. The highest BCUT2D eigenvalue weighted by molar-refractivity contribution is 5.03. The van der Waals surface area contributed by atoms with Gasteiger partial charge in [-0.3, -0.25) is 0 Å². The molecule has 0 spiro atoms. The van der Waals surface area contributed by atoms with Gasteiger partial charge in [-0.05, 0) is 99.8 Å². The molecule has 5 rings (SSSR count). The molecule has 1 heteroatoms. The Hall–Kier alpha value is -0.0400. The van der Waals surface area contributed by atoms with Gasteiger partial charge in [0.05, 0.1) is 0 Å². The maximum absolute atomic E-state index is 3.76. The summed E-state index contributed by atoms with van der Waals surface area (Å²) in [6.07, 6.45) is 16.9. The van der Waals surface area contributed by atoms with Gasteiger partial charge in [0.2, 0.25) is 0 Å². The lowest BCUT2D eigenvalue weighted by molar-refractivity contribution is -0.0656. The molecule has 0 saturated heterocycles. The van der Waals surface area contributed by atoms with Crippen molar-refractivity contribution < 1.29 is 0 Å². The Labute approximate surface area is 131 Å². The van der Waals surface area contributed by atoms with E-state index in [4.69, 9.17) is 0 Å². The summed E-state index contributed by atoms with van der Waals surface area (Å²) in [6, 6.07) is 0.814. The van der Waals surface area contributed by atoms with Crippen molar-refractivity contribution in [1.29, 1.82) is 0 Å². The van der Waals surface area contributed by atoms with Crippen molar-refractivity contribution >= 4 is 0 Å². The third-order valence-corrected chi connectivity index (χ3v) is 7.82. The molecular formula is C20H35N. The molecule has 0 amide bonds. The average Bonchev–Trinajstić information content (AvgIpc) is 2.44. The minimum atomic E-state index is 0.755. The summed E-state index contributed by atoms with van der Waals surface area (Å²) in [5.74, 6) is 5.29. The first kappa shape index (κ1) is 14.5. The lowest BCUT2D eigenvalue weighted by Crippen LogP contribution is -2.50. The van der Waals surface area contributed by atoms with Crippen molar-refractivity contribution in [2.45, 2.75) is 83.6 Å². The van der Waals surface area contributed by atoms with E-state index in [0.717, 1.165) is 41.0 Å². The molecule has 1 nitrogen and oxygen atoms in total. The summed E-state index contributed by atoms with van der Waals surface area (Å²) in [5, 5.41) is 3.76. The van der Waals surface area contributed by atoms with E-state index >= 15 is 0 Å². The maximum atomic E-state index is 3.76. The van der Waals surface area contributed by atoms with Crippen LogP contribution in [0.5, 0.6) is 0 Å². The molecule has 0 heterocycles. The van der Waals surface area contributed by atoms with Gasteiger partial charge in [0.1, 0.15) is 0 Å². The summed E-state index contributed by atoms with van der Waals surface area (Å²) >= 11 is 0. The number of hydrogen-bond acceptors (Lipinski definition) is 1. The van der Waals surface area contributed by atoms with Crippen LogP contribution >= 0.6 is 0 Å². The standard InChI is InChI=1S/C20H35N/c1-14-3-5-18(6-4-14)19(21-2)13-20-10-15-7-16(11-20)9-17(8-15)12-20/h14-19,21H,3-13H2,1-2H3. The number of hydrogen-bond donors (Lipinski definition) is 1. The minimum Gasteiger partial charge on any atom is -0.317 e. The van der Waals surface area contributed by atoms with Gasteiger partial charge >= 0.3 is 0 Å². The molecule has 0 aromatic rings. The Morgan fingerprint density at radius 2 is 1.43 bits per heavy atom. The highest BCUT2D eigenvalue weighted by atomic mass is 14.9. The lowest BCUT2D eigenvalue weighted by Gasteiger charge is -2.58. The van der Waals surface area contributed by atoms with E-state index in [-0.39, 0.29) is 0 Å². The molecule has 5 saturated carbocycles. The molecule has 0 aromatic heterocycles. The second kappa shape index (κ2) is 5.55. The van der Waals surface area contributed by atoms with Crippen molar-refractivity contribution in [1.82, 2.24) is 5.32 Å². The molecule has 1 N–H and O–H groups in total. The van der Waals surface area contributed by atoms with E-state index in [1.807, 2.05) is 0 Å². The molecule has 5 fully saturated rings. The fourth-order valence-electron chi connectivity index (χ4n) is 7.20. The molecule has 5 aliphatic rings. The van der Waals surface area contributed by atoms with Crippen LogP contribution in [-0.2, 0) is 0 Å². The topological polar surface area (TPSA) is 12.0 Å². The van der Waals surface area contributed by atoms with Crippen LogP contribution in [0, 0.1) is 35.0 Å². The Morgan fingerprint density at radius 1 is 0.905 bits per heavy atom. The van der Waals surface area contributed by atoms with E-state index in [0.29, 0.717) is 0 Å². The SMILES string of the molecule is CNC(CC12CC3CC(CC(C3)C1)C2)C1CCC(C)CC1. The predicted molar refractivity (Wildman–Crippen MR) is 89.2 cm³/mol. The highest BCUT2D eigenvalue weighted by Crippen LogP contribution is 2.62. The molecule has 0 radical (unpaired) electrons. The molecule has 120 valence electrons. The number of rotatable bonds is 4. The number of nitrogens with one attached hydrogen (secondary N) is 1. The first-order chi connectivity index (χ1) is 10.2. The minimum absolute atomic E-state index is 0.755. The smallest absolute Gasteiger partial charge is 0.00976 e. The summed E-state index contributed by atoms with van der Waals surface area (Å²) in [5.41, 5.74) is 0.755. The van der Waals surface area contributed by atoms with E-state index in [1.54, 1.807) is 38.5 Å². The van der Waals surface area contributed by atoms with Crippen LogP contribution in [0.25, 0.3) is 0 Å². The second-order valence-corrected chi connectivity index (χ2v) is 9.54. The van der Waals surface area contributed by atoms with E-state index < -0.39 is 0 Å². The van der Waals surface area contributed by atoms with Gasteiger partial charge in [0.15, 0.2) is 0 Å². The highest BCUT2D eigenvalue weighted by Gasteiger charge is 2.51. The maximum Gasteiger partial charge on any atom is 0.00976 e. The summed E-state index contributed by atoms with van der Waals surface area (Å²) in [7, 11) is 2.24. The summed E-state index contributed by atoms with van der Waals surface area (Å²) in [6.45, 7) is 2.45. The van der Waals surface area contributed by atoms with E-state index in [2.05, 4.69) is 19.3 Å². The summed E-state index contributed by atoms with van der Waals surface area (Å²) in [4.78, 5) is 0. The van der Waals surface area contributed by atoms with Gasteiger partial charge in [-0.15, -0.1) is 0 Å². The van der Waals surface area contributed by atoms with Crippen molar-refractivity contribution in [3.63, 3.8) is 0 Å². The Kier molecular flexibility index (Phi) is 3.84. The van der Waals surface area contributed by atoms with Gasteiger partial charge < -0.3 is 5.32 Å². The zero-order chi connectivity index (χ0) is 14.4. The fourth-order valence-corrected chi connectivity index (χ4v) is 7.20. The molecule has 21 heavy (non-hydrogen) atoms. The van der Waals surface area contributed by atoms with Gasteiger partial charge in [-0.25, -0.2) is 0 Å². The van der Waals surface area contributed by atoms with E-state index in [1.165, 1.54) is 32.1 Å². The van der Waals surface area contributed by atoms with Gasteiger partial charge in [0, 0.05) is 6.04 Å². The Balaban J connectivity index is 1.44. The van der Waals surface area contributed by atoms with Crippen LogP contribution in [0.15, 0.2) is 0 Å². The molecule has 1 unspecified atom stereocenters. The van der Waals surface area contributed by atoms with Crippen LogP contribution in [0.4, 0.5) is 0 Å². The van der Waals surface area contributed by atoms with Crippen LogP contribution in [-0.4, -0.2) is 13.1 Å². The van der Waals surface area contributed by atoms with Gasteiger partial charge in [-0.1, -0.05) is 19.8 Å². The monoisotopic (exact) mass is 289 g/mol. The van der Waals surface area contributed by atoms with Crippen molar-refractivity contribution in [3.05, 3.63) is 0 Å². The van der Waals surface area contributed by atoms with Crippen LogP contribution in [0.3, 0.4) is 0 Å². The molecule has 4 bridgehead atoms. The van der Waals surface area contributed by atoms with Crippen molar-refractivity contribution in [3.8, 4) is 0 Å². The normalized spacial score (nSPS) is 50.3. The summed E-state index contributed by atoms with van der Waals surface area (Å²) < 4.78 is 0. The molecule has 0 aromatic carbocycles. The average molecular weight is 290 g/mol. The quantitative estimate of drug-likeness (QED) is 0.767. The van der Waals surface area contributed by atoms with Gasteiger partial charge in [-0.2, -0.15) is 0 Å². The second-order valence-electron chi connectivity index (χ2n) is 9.54. The largest absolute Gasteiger partial charge is 0.317 e. The molecular weight excluding hydrogens is 254 g/mol. The van der Waals surface area contributed by atoms with Crippen molar-refractivity contribution in [2.24, 2.45) is 35.0 Å². The predicted octanol–water partition coefficient (Wildman–Crippen LogP) is 5.01. The van der Waals surface area contributed by atoms with E-state index in [9.17, 15) is 0 Å². The molecule has 0 aliphatic heterocycles. The van der Waals surface area contributed by atoms with Crippen molar-refractivity contribution in [2.75, 3.05) is 7.05 Å². The molecule has 5 aliphatic carbocycles. The first-order valence-electron chi connectivity index (χ1n) is 9.83. The Bertz CT molecular complexity index is 331. The zero-order valence-electron chi connectivity index (χ0n) is 14.2. The lowest BCUT2D eigenvalue weighted by atomic mass is 9.48. The third kappa shape index (κ3) is 2.80. The Morgan fingerprint density at radius 3 is 1.90 bits per heavy atom. The van der Waals surface area contributed by atoms with Crippen LogP contribution < -0.4 is 5.32 Å². The fraction of sp³-hybridized carbons (Fsp3) is 1.00. The molecule has 1 atom stereocenters. The first-order valence-corrected chi connectivity index (χ1v) is 9.83. The van der Waals surface area contributed by atoms with Crippen LogP contribution in [0.1, 0.15) is 77.6 Å². The van der Waals surface area contributed by atoms with Gasteiger partial charge in [0.25, 0.3) is 0 Å².